The van der Waals surface area contributed by atoms with Crippen LogP contribution in [0.4, 0.5) is 5.69 Å². The van der Waals surface area contributed by atoms with Crippen molar-refractivity contribution in [1.82, 2.24) is 0 Å². The number of benzene rings is 3. The van der Waals surface area contributed by atoms with E-state index in [-0.39, 0.29) is 12.3 Å². The van der Waals surface area contributed by atoms with Crippen molar-refractivity contribution in [2.45, 2.75) is 25.5 Å². The van der Waals surface area contributed by atoms with Gasteiger partial charge in [-0.05, 0) is 30.2 Å². The molecule has 0 fully saturated rings. The van der Waals surface area contributed by atoms with Gasteiger partial charge >= 0.3 is 0 Å². The van der Waals surface area contributed by atoms with Gasteiger partial charge in [0.2, 0.25) is 5.91 Å². The maximum Gasteiger partial charge on any atom is 0.228 e. The lowest BCUT2D eigenvalue weighted by atomic mass is 10.0. The molecule has 0 spiro atoms. The first-order valence-electron chi connectivity index (χ1n) is 9.83. The molecule has 0 aromatic heterocycles. The summed E-state index contributed by atoms with van der Waals surface area (Å²) >= 11 is 5.80. The lowest BCUT2D eigenvalue weighted by molar-refractivity contribution is -0.118. The zero-order valence-electron chi connectivity index (χ0n) is 16.6. The Kier molecular flexibility index (Phi) is 7.88. The summed E-state index contributed by atoms with van der Waals surface area (Å²) in [5, 5.41) is 10.1. The number of rotatable bonds is 9. The smallest absolute Gasteiger partial charge is 0.228 e. The molecule has 0 N–H and O–H groups in total. The Morgan fingerprint density at radius 2 is 1.60 bits per heavy atom. The maximum atomic E-state index is 13.0. The fourth-order valence-electron chi connectivity index (χ4n) is 3.20. The van der Waals surface area contributed by atoms with Gasteiger partial charge in [-0.1, -0.05) is 66.7 Å². The number of nitrogens with zero attached hydrogens (tertiary/aromatic N) is 2. The van der Waals surface area contributed by atoms with Crippen molar-refractivity contribution in [3.8, 4) is 11.8 Å². The predicted octanol–water partition coefficient (Wildman–Crippen LogP) is 5.88. The van der Waals surface area contributed by atoms with Gasteiger partial charge in [-0.15, -0.1) is 11.6 Å². The van der Waals surface area contributed by atoms with Crippen molar-refractivity contribution >= 4 is 23.2 Å². The maximum absolute atomic E-state index is 13.0. The van der Waals surface area contributed by atoms with Gasteiger partial charge in [0, 0.05) is 23.6 Å². The second kappa shape index (κ2) is 11.0. The summed E-state index contributed by atoms with van der Waals surface area (Å²) in [5.74, 6) is 0.827. The Hall–Kier alpha value is -3.29. The molecule has 3 rings (SSSR count). The van der Waals surface area contributed by atoms with E-state index >= 15 is 0 Å². The minimum Gasteiger partial charge on any atom is -0.489 e. The second-order valence-corrected chi connectivity index (χ2v) is 7.11. The zero-order valence-corrected chi connectivity index (χ0v) is 17.3. The molecular formula is C25H23ClN2O2. The Morgan fingerprint density at radius 3 is 2.27 bits per heavy atom. The molecule has 30 heavy (non-hydrogen) atoms. The monoisotopic (exact) mass is 418 g/mol. The third-order valence-corrected chi connectivity index (χ3v) is 4.93. The van der Waals surface area contributed by atoms with Crippen LogP contribution in [0, 0.1) is 11.3 Å². The van der Waals surface area contributed by atoms with E-state index in [1.807, 2.05) is 84.9 Å². The van der Waals surface area contributed by atoms with Gasteiger partial charge in [-0.3, -0.25) is 9.69 Å². The van der Waals surface area contributed by atoms with Gasteiger partial charge in [0.15, 0.2) is 6.04 Å². The minimum absolute atomic E-state index is 0.147. The molecule has 0 radical (unpaired) electrons. The molecule has 0 saturated carbocycles. The van der Waals surface area contributed by atoms with E-state index in [1.165, 1.54) is 4.90 Å². The number of carbonyl (C=O) groups is 1. The van der Waals surface area contributed by atoms with E-state index < -0.39 is 6.04 Å². The second-order valence-electron chi connectivity index (χ2n) is 6.74. The highest BCUT2D eigenvalue weighted by atomic mass is 35.5. The third-order valence-electron chi connectivity index (χ3n) is 4.66. The van der Waals surface area contributed by atoms with Crippen LogP contribution < -0.4 is 9.64 Å². The fourth-order valence-corrected chi connectivity index (χ4v) is 3.34. The number of hydrogen-bond acceptors (Lipinski definition) is 3. The largest absolute Gasteiger partial charge is 0.489 e. The topological polar surface area (TPSA) is 53.3 Å². The quantitative estimate of drug-likeness (QED) is 0.407. The Labute approximate surface area is 182 Å². The molecule has 5 heteroatoms. The SMILES string of the molecule is N#CC(c1ccccc1OCc1ccccc1)N(C(=O)CCCCl)c1ccccc1. The average Bonchev–Trinajstić information content (AvgIpc) is 2.81. The molecule has 1 unspecified atom stereocenters. The summed E-state index contributed by atoms with van der Waals surface area (Å²) in [6.45, 7) is 0.377. The predicted molar refractivity (Wildman–Crippen MR) is 119 cm³/mol. The standard InChI is InChI=1S/C25H23ClN2O2/c26-17-9-16-25(29)28(21-12-5-2-6-13-21)23(18-27)22-14-7-8-15-24(22)30-19-20-10-3-1-4-11-20/h1-8,10-15,23H,9,16-17,19H2. The van der Waals surface area contributed by atoms with E-state index in [2.05, 4.69) is 6.07 Å². The highest BCUT2D eigenvalue weighted by Crippen LogP contribution is 2.33. The molecule has 3 aromatic rings. The van der Waals surface area contributed by atoms with Gasteiger partial charge < -0.3 is 4.74 Å². The lowest BCUT2D eigenvalue weighted by Gasteiger charge is -2.29. The number of carbonyl (C=O) groups excluding carboxylic acids is 1. The van der Waals surface area contributed by atoms with Gasteiger partial charge in [0.1, 0.15) is 12.4 Å². The lowest BCUT2D eigenvalue weighted by Crippen LogP contribution is -2.34. The highest BCUT2D eigenvalue weighted by Gasteiger charge is 2.28. The van der Waals surface area contributed by atoms with Crippen LogP contribution in [0.15, 0.2) is 84.9 Å². The van der Waals surface area contributed by atoms with Crippen molar-refractivity contribution in [2.24, 2.45) is 0 Å². The molecule has 1 amide bonds. The van der Waals surface area contributed by atoms with Crippen molar-refractivity contribution < 1.29 is 9.53 Å². The molecule has 0 aliphatic rings. The molecule has 0 aliphatic carbocycles. The molecule has 0 saturated heterocycles. The van der Waals surface area contributed by atoms with Crippen LogP contribution in [0.3, 0.4) is 0 Å². The molecule has 152 valence electrons. The number of nitriles is 1. The van der Waals surface area contributed by atoms with E-state index in [1.54, 1.807) is 0 Å². The normalized spacial score (nSPS) is 11.3. The zero-order chi connectivity index (χ0) is 21.2. The van der Waals surface area contributed by atoms with Gasteiger partial charge in [-0.25, -0.2) is 0 Å². The summed E-state index contributed by atoms with van der Waals surface area (Å²) in [7, 11) is 0. The molecule has 0 aliphatic heterocycles. The summed E-state index contributed by atoms with van der Waals surface area (Å²) in [6.07, 6.45) is 0.817. The van der Waals surface area contributed by atoms with Gasteiger partial charge in [0.05, 0.1) is 6.07 Å². The summed E-state index contributed by atoms with van der Waals surface area (Å²) in [4.78, 5) is 14.6. The van der Waals surface area contributed by atoms with Crippen LogP contribution in [0.5, 0.6) is 5.75 Å². The van der Waals surface area contributed by atoms with Crippen LogP contribution in [0.2, 0.25) is 0 Å². The average molecular weight is 419 g/mol. The molecule has 0 heterocycles. The van der Waals surface area contributed by atoms with Gasteiger partial charge in [-0.2, -0.15) is 5.26 Å². The summed E-state index contributed by atoms with van der Waals surface area (Å²) in [6, 6.07) is 27.9. The first kappa shape index (κ1) is 21.4. The van der Waals surface area contributed by atoms with E-state index in [0.29, 0.717) is 35.9 Å². The van der Waals surface area contributed by atoms with Crippen molar-refractivity contribution in [2.75, 3.05) is 10.8 Å². The number of hydrogen-bond donors (Lipinski definition) is 0. The van der Waals surface area contributed by atoms with E-state index in [9.17, 15) is 10.1 Å². The van der Waals surface area contributed by atoms with Crippen molar-refractivity contribution in [3.05, 3.63) is 96.1 Å². The van der Waals surface area contributed by atoms with Crippen LogP contribution in [-0.2, 0) is 11.4 Å². The molecule has 4 nitrogen and oxygen atoms in total. The molecule has 1 atom stereocenters. The Balaban J connectivity index is 1.94. The van der Waals surface area contributed by atoms with Crippen LogP contribution in [-0.4, -0.2) is 11.8 Å². The Bertz CT molecular complexity index is 987. The van der Waals surface area contributed by atoms with Crippen LogP contribution in [0.25, 0.3) is 0 Å². The number of ether oxygens (including phenoxy) is 1. The minimum atomic E-state index is -0.817. The van der Waals surface area contributed by atoms with E-state index in [4.69, 9.17) is 16.3 Å². The Morgan fingerprint density at radius 1 is 0.967 bits per heavy atom. The van der Waals surface area contributed by atoms with Crippen LogP contribution >= 0.6 is 11.6 Å². The first-order valence-corrected chi connectivity index (χ1v) is 10.4. The summed E-state index contributed by atoms with van der Waals surface area (Å²) in [5.41, 5.74) is 2.35. The van der Waals surface area contributed by atoms with Crippen molar-refractivity contribution in [1.29, 1.82) is 5.26 Å². The number of anilines is 1. The van der Waals surface area contributed by atoms with Crippen LogP contribution in [0.1, 0.15) is 30.0 Å². The van der Waals surface area contributed by atoms with E-state index in [0.717, 1.165) is 5.56 Å². The first-order chi connectivity index (χ1) is 14.7. The number of amides is 1. The van der Waals surface area contributed by atoms with Gasteiger partial charge in [0.25, 0.3) is 0 Å². The molecule has 0 bridgehead atoms. The summed E-state index contributed by atoms with van der Waals surface area (Å²) < 4.78 is 6.04. The molecular weight excluding hydrogens is 396 g/mol. The number of halogens is 1. The van der Waals surface area contributed by atoms with Crippen molar-refractivity contribution in [3.63, 3.8) is 0 Å². The number of alkyl halides is 1. The molecule has 3 aromatic carbocycles. The fraction of sp³-hybridized carbons (Fsp3) is 0.200. The highest BCUT2D eigenvalue weighted by molar-refractivity contribution is 6.18. The third kappa shape index (κ3) is 5.40. The number of para-hydroxylation sites is 2.